The Bertz CT molecular complexity index is 733. The minimum Gasteiger partial charge on any atom is -0.399 e. The number of hydrogen-bond donors (Lipinski definition) is 1. The van der Waals surface area contributed by atoms with Crippen molar-refractivity contribution in [2.75, 3.05) is 5.73 Å². The molecule has 0 radical (unpaired) electrons. The maximum absolute atomic E-state index is 5.80. The summed E-state index contributed by atoms with van der Waals surface area (Å²) in [5.74, 6) is 0.879. The molecule has 2 heterocycles. The number of halogens is 1. The number of nitrogens with zero attached hydrogens (tertiary/aromatic N) is 3. The number of anilines is 1. The Labute approximate surface area is 113 Å². The molecule has 3 rings (SSSR count). The van der Waals surface area contributed by atoms with E-state index in [4.69, 9.17) is 5.73 Å². The minimum absolute atomic E-state index is 0.740. The first kappa shape index (κ1) is 11.2. The van der Waals surface area contributed by atoms with E-state index in [1.807, 2.05) is 35.9 Å². The van der Waals surface area contributed by atoms with Gasteiger partial charge in [-0.2, -0.15) is 0 Å². The summed E-state index contributed by atoms with van der Waals surface area (Å²) in [6.07, 6.45) is 3.56. The van der Waals surface area contributed by atoms with Gasteiger partial charge in [0.15, 0.2) is 0 Å². The van der Waals surface area contributed by atoms with Crippen LogP contribution in [0.15, 0.2) is 41.1 Å². The normalized spacial score (nSPS) is 11.0. The number of aryl methyl sites for hydroxylation is 1. The highest BCUT2D eigenvalue weighted by atomic mass is 79.9. The van der Waals surface area contributed by atoms with Gasteiger partial charge in [-0.05, 0) is 40.2 Å². The Balaban J connectivity index is 2.27. The summed E-state index contributed by atoms with van der Waals surface area (Å²) in [6.45, 7) is 0. The molecule has 3 aromatic rings. The lowest BCUT2D eigenvalue weighted by Gasteiger charge is -2.02. The largest absolute Gasteiger partial charge is 0.399 e. The highest BCUT2D eigenvalue weighted by molar-refractivity contribution is 9.10. The van der Waals surface area contributed by atoms with Crippen molar-refractivity contribution in [2.24, 2.45) is 7.05 Å². The number of rotatable bonds is 1. The van der Waals surface area contributed by atoms with Gasteiger partial charge in [-0.15, -0.1) is 0 Å². The molecule has 5 heteroatoms. The van der Waals surface area contributed by atoms with Gasteiger partial charge in [-0.25, -0.2) is 4.98 Å². The van der Waals surface area contributed by atoms with Crippen LogP contribution < -0.4 is 5.73 Å². The molecular formula is C13H11BrN4. The maximum Gasteiger partial charge on any atom is 0.142 e. The number of pyridine rings is 1. The molecule has 0 aliphatic carbocycles. The van der Waals surface area contributed by atoms with Crippen LogP contribution in [0.25, 0.3) is 22.4 Å². The van der Waals surface area contributed by atoms with Gasteiger partial charge < -0.3 is 10.3 Å². The molecule has 0 bridgehead atoms. The van der Waals surface area contributed by atoms with Gasteiger partial charge >= 0.3 is 0 Å². The van der Waals surface area contributed by atoms with Crippen LogP contribution in [0.4, 0.5) is 5.69 Å². The third-order valence-electron chi connectivity index (χ3n) is 2.87. The molecule has 0 fully saturated rings. The molecule has 0 saturated carbocycles. The Kier molecular flexibility index (Phi) is 2.56. The fourth-order valence-corrected chi connectivity index (χ4v) is 2.36. The fraction of sp³-hybridized carbons (Fsp3) is 0.0769. The Hall–Kier alpha value is -1.88. The zero-order chi connectivity index (χ0) is 12.7. The van der Waals surface area contributed by atoms with E-state index in [1.165, 1.54) is 0 Å². The number of benzene rings is 1. The molecule has 1 aromatic carbocycles. The first-order valence-electron chi connectivity index (χ1n) is 5.48. The van der Waals surface area contributed by atoms with E-state index in [-0.39, 0.29) is 0 Å². The molecule has 0 spiro atoms. The predicted octanol–water partition coefficient (Wildman–Crippen LogP) is 2.98. The van der Waals surface area contributed by atoms with Crippen LogP contribution >= 0.6 is 15.9 Å². The van der Waals surface area contributed by atoms with Crippen molar-refractivity contribution in [1.82, 2.24) is 14.5 Å². The molecular weight excluding hydrogens is 292 g/mol. The molecule has 0 unspecified atom stereocenters. The summed E-state index contributed by atoms with van der Waals surface area (Å²) in [5, 5.41) is 0. The summed E-state index contributed by atoms with van der Waals surface area (Å²) in [7, 11) is 1.98. The standard InChI is InChI=1S/C13H11BrN4/c1-18-12-5-10(15)2-3-11(12)17-13(18)8-4-9(14)7-16-6-8/h2-7H,15H2,1H3. The van der Waals surface area contributed by atoms with Crippen molar-refractivity contribution in [3.63, 3.8) is 0 Å². The third kappa shape index (κ3) is 1.76. The first-order valence-corrected chi connectivity index (χ1v) is 6.27. The van der Waals surface area contributed by atoms with E-state index in [9.17, 15) is 0 Å². The monoisotopic (exact) mass is 302 g/mol. The van der Waals surface area contributed by atoms with Gasteiger partial charge in [0.2, 0.25) is 0 Å². The Morgan fingerprint density at radius 2 is 2.06 bits per heavy atom. The molecule has 4 nitrogen and oxygen atoms in total. The third-order valence-corrected chi connectivity index (χ3v) is 3.30. The Morgan fingerprint density at radius 3 is 2.83 bits per heavy atom. The molecule has 2 aromatic heterocycles. The van der Waals surface area contributed by atoms with E-state index in [0.717, 1.165) is 32.6 Å². The fourth-order valence-electron chi connectivity index (χ4n) is 2.00. The number of fused-ring (bicyclic) bond motifs is 1. The second-order valence-electron chi connectivity index (χ2n) is 4.13. The van der Waals surface area contributed by atoms with E-state index in [2.05, 4.69) is 25.9 Å². The van der Waals surface area contributed by atoms with E-state index in [1.54, 1.807) is 12.4 Å². The van der Waals surface area contributed by atoms with Crippen molar-refractivity contribution in [2.45, 2.75) is 0 Å². The van der Waals surface area contributed by atoms with E-state index in [0.29, 0.717) is 0 Å². The number of imidazole rings is 1. The first-order chi connectivity index (χ1) is 8.65. The van der Waals surface area contributed by atoms with Crippen LogP contribution in [0.2, 0.25) is 0 Å². The molecule has 0 amide bonds. The van der Waals surface area contributed by atoms with Gasteiger partial charge in [-0.1, -0.05) is 0 Å². The van der Waals surface area contributed by atoms with Crippen molar-refractivity contribution < 1.29 is 0 Å². The van der Waals surface area contributed by atoms with Crippen molar-refractivity contribution in [3.05, 3.63) is 41.1 Å². The summed E-state index contributed by atoms with van der Waals surface area (Å²) in [6, 6.07) is 7.71. The van der Waals surface area contributed by atoms with Crippen LogP contribution in [0.5, 0.6) is 0 Å². The number of nitrogens with two attached hydrogens (primary N) is 1. The molecule has 0 aliphatic heterocycles. The lowest BCUT2D eigenvalue weighted by molar-refractivity contribution is 0.957. The van der Waals surface area contributed by atoms with Gasteiger partial charge in [0.05, 0.1) is 11.0 Å². The van der Waals surface area contributed by atoms with Crippen molar-refractivity contribution in [1.29, 1.82) is 0 Å². The molecule has 90 valence electrons. The topological polar surface area (TPSA) is 56.7 Å². The number of hydrogen-bond acceptors (Lipinski definition) is 3. The zero-order valence-electron chi connectivity index (χ0n) is 9.76. The molecule has 0 saturated heterocycles. The minimum atomic E-state index is 0.740. The predicted molar refractivity (Wildman–Crippen MR) is 76.1 cm³/mol. The Morgan fingerprint density at radius 1 is 1.22 bits per heavy atom. The maximum atomic E-state index is 5.80. The highest BCUT2D eigenvalue weighted by Crippen LogP contribution is 2.25. The van der Waals surface area contributed by atoms with Gasteiger partial charge in [-0.3, -0.25) is 4.98 Å². The SMILES string of the molecule is Cn1c(-c2cncc(Br)c2)nc2ccc(N)cc21. The average molecular weight is 303 g/mol. The molecule has 18 heavy (non-hydrogen) atoms. The quantitative estimate of drug-likeness (QED) is 0.703. The highest BCUT2D eigenvalue weighted by Gasteiger charge is 2.10. The van der Waals surface area contributed by atoms with Crippen LogP contribution in [-0.2, 0) is 7.05 Å². The van der Waals surface area contributed by atoms with Gasteiger partial charge in [0.25, 0.3) is 0 Å². The second kappa shape index (κ2) is 4.10. The average Bonchev–Trinajstić information content (AvgIpc) is 2.67. The van der Waals surface area contributed by atoms with Crippen LogP contribution in [0.1, 0.15) is 0 Å². The number of nitrogen functional groups attached to an aromatic ring is 1. The smallest absolute Gasteiger partial charge is 0.142 e. The summed E-state index contributed by atoms with van der Waals surface area (Å²) in [5.41, 5.74) is 9.47. The lowest BCUT2D eigenvalue weighted by atomic mass is 10.3. The van der Waals surface area contributed by atoms with E-state index < -0.39 is 0 Å². The second-order valence-corrected chi connectivity index (χ2v) is 5.05. The lowest BCUT2D eigenvalue weighted by Crippen LogP contribution is -1.93. The van der Waals surface area contributed by atoms with Crippen LogP contribution in [0.3, 0.4) is 0 Å². The van der Waals surface area contributed by atoms with Crippen molar-refractivity contribution >= 4 is 32.7 Å². The molecule has 0 aliphatic rings. The van der Waals surface area contributed by atoms with Crippen molar-refractivity contribution in [3.8, 4) is 11.4 Å². The number of aromatic nitrogens is 3. The van der Waals surface area contributed by atoms with Crippen LogP contribution in [-0.4, -0.2) is 14.5 Å². The molecule has 0 atom stereocenters. The van der Waals surface area contributed by atoms with Crippen LogP contribution in [0, 0.1) is 0 Å². The molecule has 2 N–H and O–H groups in total. The summed E-state index contributed by atoms with van der Waals surface area (Å²) < 4.78 is 2.96. The van der Waals surface area contributed by atoms with E-state index >= 15 is 0 Å². The van der Waals surface area contributed by atoms with Gasteiger partial charge in [0, 0.05) is 35.2 Å². The summed E-state index contributed by atoms with van der Waals surface area (Å²) in [4.78, 5) is 8.78. The van der Waals surface area contributed by atoms with Gasteiger partial charge in [0.1, 0.15) is 5.82 Å². The summed E-state index contributed by atoms with van der Waals surface area (Å²) >= 11 is 3.42. The zero-order valence-corrected chi connectivity index (χ0v) is 11.3.